The minimum Gasteiger partial charge on any atom is -0.337 e. The maximum Gasteiger partial charge on any atom is 0.246 e. The Kier molecular flexibility index (Phi) is 8.43. The van der Waals surface area contributed by atoms with Crippen LogP contribution in [0.25, 0.3) is 6.08 Å². The van der Waals surface area contributed by atoms with Gasteiger partial charge in [-0.15, -0.1) is 11.3 Å². The van der Waals surface area contributed by atoms with Crippen molar-refractivity contribution in [1.29, 1.82) is 0 Å². The Bertz CT molecular complexity index is 958. The molecule has 8 heteroatoms. The number of benzene rings is 1. The smallest absolute Gasteiger partial charge is 0.246 e. The van der Waals surface area contributed by atoms with Crippen LogP contribution in [-0.4, -0.2) is 74.2 Å². The normalized spacial score (nSPS) is 15.8. The van der Waals surface area contributed by atoms with E-state index in [4.69, 9.17) is 0 Å². The monoisotopic (exact) mass is 461 g/mol. The first-order valence-electron chi connectivity index (χ1n) is 10.8. The largest absolute Gasteiger partial charge is 0.337 e. The number of thiophene rings is 1. The van der Waals surface area contributed by atoms with Crippen LogP contribution in [0, 0.1) is 0 Å². The molecule has 0 radical (unpaired) electrons. The molecule has 1 aromatic heterocycles. The number of sulfonamides is 1. The molecule has 0 aliphatic carbocycles. The summed E-state index contributed by atoms with van der Waals surface area (Å²) < 4.78 is 26.6. The van der Waals surface area contributed by atoms with E-state index in [1.54, 1.807) is 47.8 Å². The molecule has 0 bridgehead atoms. The molecule has 6 nitrogen and oxygen atoms in total. The van der Waals surface area contributed by atoms with Gasteiger partial charge in [-0.05, 0) is 41.6 Å². The third-order valence-electron chi connectivity index (χ3n) is 5.58. The first kappa shape index (κ1) is 23.7. The first-order valence-corrected chi connectivity index (χ1v) is 13.1. The number of carbonyl (C=O) groups excluding carboxylic acids is 1. The van der Waals surface area contributed by atoms with Gasteiger partial charge in [-0.2, -0.15) is 4.31 Å². The fourth-order valence-electron chi connectivity index (χ4n) is 3.65. The molecule has 1 aliphatic heterocycles. The zero-order chi connectivity index (χ0) is 22.3. The van der Waals surface area contributed by atoms with Crippen molar-refractivity contribution in [3.63, 3.8) is 0 Å². The molecule has 2 aromatic rings. The number of piperazine rings is 1. The summed E-state index contributed by atoms with van der Waals surface area (Å²) in [5.74, 6) is -0.00209. The van der Waals surface area contributed by atoms with Gasteiger partial charge in [-0.3, -0.25) is 9.69 Å². The van der Waals surface area contributed by atoms with E-state index >= 15 is 0 Å². The van der Waals surface area contributed by atoms with E-state index in [0.717, 1.165) is 44.7 Å². The molecule has 1 aromatic carbocycles. The average Bonchev–Trinajstić information content (AvgIpc) is 3.31. The Hall–Kier alpha value is -2.00. The van der Waals surface area contributed by atoms with E-state index in [1.165, 1.54) is 9.18 Å². The zero-order valence-corrected chi connectivity index (χ0v) is 19.9. The minimum absolute atomic E-state index is 0.00209. The molecule has 1 amide bonds. The molecule has 0 spiro atoms. The number of rotatable bonds is 9. The number of hydrogen-bond donors (Lipinski definition) is 0. The predicted molar refractivity (Wildman–Crippen MR) is 127 cm³/mol. The molecule has 2 heterocycles. The third kappa shape index (κ3) is 6.26. The highest BCUT2D eigenvalue weighted by Gasteiger charge is 2.21. The van der Waals surface area contributed by atoms with Crippen LogP contribution in [0.4, 0.5) is 0 Å². The van der Waals surface area contributed by atoms with Crippen molar-refractivity contribution in [3.8, 4) is 0 Å². The molecule has 0 unspecified atom stereocenters. The van der Waals surface area contributed by atoms with Gasteiger partial charge in [0.15, 0.2) is 0 Å². The standard InChI is InChI=1S/C23H31N3O3S2/c1-3-26(4-2)31(28,29)22-10-7-20(8-11-22)9-12-23(27)25-17-15-24(16-18-25)14-13-21-6-5-19-30-21/h5-12,19H,3-4,13-18H2,1-2H3/b12-9+. The lowest BCUT2D eigenvalue weighted by molar-refractivity contribution is -0.127. The lowest BCUT2D eigenvalue weighted by Crippen LogP contribution is -2.48. The van der Waals surface area contributed by atoms with E-state index in [1.807, 2.05) is 18.7 Å². The summed E-state index contributed by atoms with van der Waals surface area (Å²) in [4.78, 5) is 18.5. The van der Waals surface area contributed by atoms with Crippen molar-refractivity contribution >= 4 is 33.3 Å². The van der Waals surface area contributed by atoms with Crippen LogP contribution >= 0.6 is 11.3 Å². The van der Waals surface area contributed by atoms with Crippen molar-refractivity contribution in [3.05, 3.63) is 58.3 Å². The molecule has 1 saturated heterocycles. The van der Waals surface area contributed by atoms with Crippen LogP contribution < -0.4 is 0 Å². The van der Waals surface area contributed by atoms with Gasteiger partial charge in [0.1, 0.15) is 0 Å². The summed E-state index contributed by atoms with van der Waals surface area (Å²) >= 11 is 1.79. The van der Waals surface area contributed by atoms with Crippen LogP contribution in [0.1, 0.15) is 24.3 Å². The number of amides is 1. The van der Waals surface area contributed by atoms with Gasteiger partial charge in [-0.1, -0.05) is 32.0 Å². The predicted octanol–water partition coefficient (Wildman–Crippen LogP) is 3.18. The Morgan fingerprint density at radius 2 is 1.74 bits per heavy atom. The van der Waals surface area contributed by atoms with E-state index in [0.29, 0.717) is 13.1 Å². The lowest BCUT2D eigenvalue weighted by atomic mass is 10.2. The van der Waals surface area contributed by atoms with Crippen molar-refractivity contribution in [1.82, 2.24) is 14.1 Å². The fraction of sp³-hybridized carbons (Fsp3) is 0.435. The summed E-state index contributed by atoms with van der Waals surface area (Å²) in [6.07, 6.45) is 4.39. The second-order valence-corrected chi connectivity index (χ2v) is 10.5. The van der Waals surface area contributed by atoms with Crippen molar-refractivity contribution < 1.29 is 13.2 Å². The van der Waals surface area contributed by atoms with Crippen LogP contribution in [0.15, 0.2) is 52.7 Å². The molecular formula is C23H31N3O3S2. The summed E-state index contributed by atoms with van der Waals surface area (Å²) in [7, 11) is -3.46. The highest BCUT2D eigenvalue weighted by molar-refractivity contribution is 7.89. The molecule has 1 aliphatic rings. The quantitative estimate of drug-likeness (QED) is 0.538. The van der Waals surface area contributed by atoms with Gasteiger partial charge in [-0.25, -0.2) is 8.42 Å². The maximum atomic E-state index is 12.6. The SMILES string of the molecule is CCN(CC)S(=O)(=O)c1ccc(/C=C/C(=O)N2CCN(CCc3cccs3)CC2)cc1. The van der Waals surface area contributed by atoms with Crippen LogP contribution in [0.2, 0.25) is 0 Å². The minimum atomic E-state index is -3.46. The lowest BCUT2D eigenvalue weighted by Gasteiger charge is -2.34. The highest BCUT2D eigenvalue weighted by Crippen LogP contribution is 2.17. The first-order chi connectivity index (χ1) is 14.9. The van der Waals surface area contributed by atoms with E-state index in [2.05, 4.69) is 22.4 Å². The van der Waals surface area contributed by atoms with Gasteiger partial charge in [0, 0.05) is 56.8 Å². The third-order valence-corrected chi connectivity index (χ3v) is 8.58. The Morgan fingerprint density at radius 3 is 2.32 bits per heavy atom. The number of hydrogen-bond acceptors (Lipinski definition) is 5. The van der Waals surface area contributed by atoms with Crippen LogP contribution in [-0.2, 0) is 21.2 Å². The molecule has 3 rings (SSSR count). The Balaban J connectivity index is 1.50. The maximum absolute atomic E-state index is 12.6. The number of carbonyl (C=O) groups is 1. The topological polar surface area (TPSA) is 60.9 Å². The average molecular weight is 462 g/mol. The second kappa shape index (κ2) is 11.0. The molecular weight excluding hydrogens is 430 g/mol. The molecule has 0 atom stereocenters. The van der Waals surface area contributed by atoms with Crippen LogP contribution in [0.3, 0.4) is 0 Å². The molecule has 1 fully saturated rings. The fourth-order valence-corrected chi connectivity index (χ4v) is 5.81. The van der Waals surface area contributed by atoms with Gasteiger partial charge < -0.3 is 4.90 Å². The summed E-state index contributed by atoms with van der Waals surface area (Å²) in [5, 5.41) is 2.11. The van der Waals surface area contributed by atoms with Gasteiger partial charge >= 0.3 is 0 Å². The van der Waals surface area contributed by atoms with Gasteiger partial charge in [0.05, 0.1) is 4.90 Å². The van der Waals surface area contributed by atoms with Crippen molar-refractivity contribution in [2.45, 2.75) is 25.2 Å². The number of nitrogens with zero attached hydrogens (tertiary/aromatic N) is 3. The summed E-state index contributed by atoms with van der Waals surface area (Å²) in [5.41, 5.74) is 0.807. The van der Waals surface area contributed by atoms with Crippen molar-refractivity contribution in [2.24, 2.45) is 0 Å². The molecule has 31 heavy (non-hydrogen) atoms. The second-order valence-electron chi connectivity index (χ2n) is 7.49. The van der Waals surface area contributed by atoms with E-state index in [9.17, 15) is 13.2 Å². The zero-order valence-electron chi connectivity index (χ0n) is 18.2. The molecule has 0 N–H and O–H groups in total. The Morgan fingerprint density at radius 1 is 1.06 bits per heavy atom. The Labute approximate surface area is 189 Å². The summed E-state index contributed by atoms with van der Waals surface area (Å²) in [6.45, 7) is 8.81. The van der Waals surface area contributed by atoms with Crippen LogP contribution in [0.5, 0.6) is 0 Å². The highest BCUT2D eigenvalue weighted by atomic mass is 32.2. The molecule has 0 saturated carbocycles. The van der Waals surface area contributed by atoms with E-state index < -0.39 is 10.0 Å². The molecule has 168 valence electrons. The van der Waals surface area contributed by atoms with Crippen molar-refractivity contribution in [2.75, 3.05) is 45.8 Å². The van der Waals surface area contributed by atoms with Gasteiger partial charge in [0.25, 0.3) is 0 Å². The van der Waals surface area contributed by atoms with Gasteiger partial charge in [0.2, 0.25) is 15.9 Å². The van der Waals surface area contributed by atoms with E-state index in [-0.39, 0.29) is 10.8 Å². The summed E-state index contributed by atoms with van der Waals surface area (Å²) in [6, 6.07) is 10.9.